The maximum atomic E-state index is 4.96. The molecule has 2 saturated heterocycles. The third-order valence-electron chi connectivity index (χ3n) is 6.62. The van der Waals surface area contributed by atoms with E-state index >= 15 is 0 Å². The van der Waals surface area contributed by atoms with Crippen molar-refractivity contribution in [2.24, 2.45) is 0 Å². The number of hydrogen-bond donors (Lipinski definition) is 0. The topological polar surface area (TPSA) is 35.5 Å². The third-order valence-corrected chi connectivity index (χ3v) is 6.62. The smallest absolute Gasteiger partial charge is 0.137 e. The lowest BCUT2D eigenvalue weighted by molar-refractivity contribution is 0.133. The van der Waals surface area contributed by atoms with Crippen LogP contribution in [0.5, 0.6) is 0 Å². The molecule has 28 heavy (non-hydrogen) atoms. The van der Waals surface area contributed by atoms with Gasteiger partial charge < -0.3 is 4.90 Å². The summed E-state index contributed by atoms with van der Waals surface area (Å²) in [6.07, 6.45) is 5.11. The van der Waals surface area contributed by atoms with E-state index < -0.39 is 0 Å². The van der Waals surface area contributed by atoms with E-state index in [1.165, 1.54) is 55.0 Å². The highest BCUT2D eigenvalue weighted by atomic mass is 15.3. The van der Waals surface area contributed by atoms with Crippen molar-refractivity contribution in [2.75, 3.05) is 37.6 Å². The fourth-order valence-corrected chi connectivity index (χ4v) is 5.16. The number of rotatable bonds is 3. The summed E-state index contributed by atoms with van der Waals surface area (Å²) >= 11 is 0. The Bertz CT molecular complexity index is 821. The number of aryl methyl sites for hydroxylation is 1. The average molecular weight is 378 g/mol. The molecule has 1 aromatic carbocycles. The standard InChI is InChI=1S/C23H31N5/c1-18-24-22-10-12-26(15-19-7-3-2-4-8-19)17-21(22)23(25-18)28-14-13-27-11-6-5-9-20(27)16-28/h2-4,7-8,20H,5-6,9-17H2,1H3/t20-/m0/s1. The van der Waals surface area contributed by atoms with Gasteiger partial charge in [-0.3, -0.25) is 9.80 Å². The van der Waals surface area contributed by atoms with Crippen molar-refractivity contribution < 1.29 is 0 Å². The first kappa shape index (κ1) is 18.1. The zero-order valence-electron chi connectivity index (χ0n) is 17.0. The van der Waals surface area contributed by atoms with Gasteiger partial charge >= 0.3 is 0 Å². The molecule has 0 amide bonds. The lowest BCUT2D eigenvalue weighted by Crippen LogP contribution is -2.55. The summed E-state index contributed by atoms with van der Waals surface area (Å²) in [6.45, 7) is 9.78. The number of hydrogen-bond acceptors (Lipinski definition) is 5. The molecule has 5 rings (SSSR count). The molecule has 0 bridgehead atoms. The van der Waals surface area contributed by atoms with Crippen LogP contribution in [0.3, 0.4) is 0 Å². The lowest BCUT2D eigenvalue weighted by Gasteiger charge is -2.45. The maximum absolute atomic E-state index is 4.96. The average Bonchev–Trinajstić information content (AvgIpc) is 2.74. The molecule has 1 atom stereocenters. The summed E-state index contributed by atoms with van der Waals surface area (Å²) in [4.78, 5) is 17.6. The van der Waals surface area contributed by atoms with E-state index in [1.54, 1.807) is 0 Å². The molecule has 3 aliphatic rings. The minimum atomic E-state index is 0.706. The highest BCUT2D eigenvalue weighted by Crippen LogP contribution is 2.30. The molecule has 5 nitrogen and oxygen atoms in total. The highest BCUT2D eigenvalue weighted by molar-refractivity contribution is 5.51. The van der Waals surface area contributed by atoms with Gasteiger partial charge in [-0.25, -0.2) is 9.97 Å². The van der Waals surface area contributed by atoms with E-state index in [0.717, 1.165) is 45.0 Å². The summed E-state index contributed by atoms with van der Waals surface area (Å²) in [7, 11) is 0. The first-order chi connectivity index (χ1) is 13.8. The van der Waals surface area contributed by atoms with Crippen LogP contribution < -0.4 is 4.90 Å². The largest absolute Gasteiger partial charge is 0.353 e. The molecule has 0 unspecified atom stereocenters. The Morgan fingerprint density at radius 2 is 1.89 bits per heavy atom. The number of fused-ring (bicyclic) bond motifs is 2. The van der Waals surface area contributed by atoms with E-state index in [0.29, 0.717) is 6.04 Å². The summed E-state index contributed by atoms with van der Waals surface area (Å²) in [5, 5.41) is 0. The van der Waals surface area contributed by atoms with Gasteiger partial charge in [-0.2, -0.15) is 0 Å². The zero-order chi connectivity index (χ0) is 18.9. The van der Waals surface area contributed by atoms with E-state index in [2.05, 4.69) is 52.0 Å². The van der Waals surface area contributed by atoms with Crippen LogP contribution in [-0.2, 0) is 19.5 Å². The van der Waals surface area contributed by atoms with E-state index in [-0.39, 0.29) is 0 Å². The van der Waals surface area contributed by atoms with Crippen molar-refractivity contribution in [3.63, 3.8) is 0 Å². The first-order valence-electron chi connectivity index (χ1n) is 10.9. The Labute approximate surface area is 168 Å². The van der Waals surface area contributed by atoms with E-state index in [9.17, 15) is 0 Å². The van der Waals surface area contributed by atoms with Gasteiger partial charge in [0.25, 0.3) is 0 Å². The Morgan fingerprint density at radius 3 is 2.79 bits per heavy atom. The molecule has 4 heterocycles. The monoisotopic (exact) mass is 377 g/mol. The second kappa shape index (κ2) is 7.80. The molecule has 2 fully saturated rings. The Hall–Kier alpha value is -1.98. The van der Waals surface area contributed by atoms with Gasteiger partial charge in [0.15, 0.2) is 0 Å². The molecule has 0 spiro atoms. The predicted octanol–water partition coefficient (Wildman–Crippen LogP) is 3.02. The van der Waals surface area contributed by atoms with Gasteiger partial charge in [0.05, 0.1) is 5.69 Å². The summed E-state index contributed by atoms with van der Waals surface area (Å²) < 4.78 is 0. The molecular formula is C23H31N5. The summed E-state index contributed by atoms with van der Waals surface area (Å²) in [5.41, 5.74) is 4.03. The molecule has 0 radical (unpaired) electrons. The Kier molecular flexibility index (Phi) is 5.03. The molecule has 0 aliphatic carbocycles. The van der Waals surface area contributed by atoms with Crippen molar-refractivity contribution in [3.05, 3.63) is 53.0 Å². The summed E-state index contributed by atoms with van der Waals surface area (Å²) in [5.74, 6) is 2.14. The van der Waals surface area contributed by atoms with Crippen LogP contribution in [0.25, 0.3) is 0 Å². The van der Waals surface area contributed by atoms with Crippen LogP contribution in [0.15, 0.2) is 30.3 Å². The second-order valence-electron chi connectivity index (χ2n) is 8.60. The van der Waals surface area contributed by atoms with Gasteiger partial charge in [-0.15, -0.1) is 0 Å². The van der Waals surface area contributed by atoms with Crippen molar-refractivity contribution in [2.45, 2.75) is 51.7 Å². The number of piperazine rings is 1. The van der Waals surface area contributed by atoms with Crippen molar-refractivity contribution >= 4 is 5.82 Å². The van der Waals surface area contributed by atoms with Gasteiger partial charge in [0, 0.05) is 57.3 Å². The van der Waals surface area contributed by atoms with Crippen LogP contribution >= 0.6 is 0 Å². The molecule has 2 aromatic rings. The Morgan fingerprint density at radius 1 is 1.00 bits per heavy atom. The van der Waals surface area contributed by atoms with Crippen LogP contribution in [0, 0.1) is 6.92 Å². The quantitative estimate of drug-likeness (QED) is 0.822. The minimum Gasteiger partial charge on any atom is -0.353 e. The molecule has 0 N–H and O–H groups in total. The number of aromatic nitrogens is 2. The van der Waals surface area contributed by atoms with Crippen molar-refractivity contribution in [1.29, 1.82) is 0 Å². The lowest BCUT2D eigenvalue weighted by atomic mass is 9.98. The van der Waals surface area contributed by atoms with Crippen molar-refractivity contribution in [3.8, 4) is 0 Å². The predicted molar refractivity (Wildman–Crippen MR) is 112 cm³/mol. The zero-order valence-corrected chi connectivity index (χ0v) is 17.0. The second-order valence-corrected chi connectivity index (χ2v) is 8.60. The van der Waals surface area contributed by atoms with Gasteiger partial charge in [0.2, 0.25) is 0 Å². The minimum absolute atomic E-state index is 0.706. The molecule has 1 aromatic heterocycles. The van der Waals surface area contributed by atoms with Crippen LogP contribution in [0.2, 0.25) is 0 Å². The normalized spacial score (nSPS) is 23.3. The van der Waals surface area contributed by atoms with E-state index in [4.69, 9.17) is 9.97 Å². The molecule has 148 valence electrons. The SMILES string of the molecule is Cc1nc2c(c(N3CCN4CCCC[C@H]4C3)n1)CN(Cc1ccccc1)CC2. The van der Waals surface area contributed by atoms with Crippen molar-refractivity contribution in [1.82, 2.24) is 19.8 Å². The number of anilines is 1. The van der Waals surface area contributed by atoms with Crippen LogP contribution in [0.1, 0.15) is 41.9 Å². The molecular weight excluding hydrogens is 346 g/mol. The number of piperidine rings is 1. The summed E-state index contributed by atoms with van der Waals surface area (Å²) in [6, 6.07) is 11.5. The van der Waals surface area contributed by atoms with Crippen LogP contribution in [0.4, 0.5) is 5.82 Å². The molecule has 3 aliphatic heterocycles. The van der Waals surface area contributed by atoms with E-state index in [1.807, 2.05) is 0 Å². The van der Waals surface area contributed by atoms with Gasteiger partial charge in [0.1, 0.15) is 11.6 Å². The third kappa shape index (κ3) is 3.65. The fourth-order valence-electron chi connectivity index (χ4n) is 5.16. The molecule has 5 heteroatoms. The molecule has 0 saturated carbocycles. The number of nitrogens with zero attached hydrogens (tertiary/aromatic N) is 5. The highest BCUT2D eigenvalue weighted by Gasteiger charge is 2.32. The van der Waals surface area contributed by atoms with Crippen LogP contribution in [-0.4, -0.2) is 58.5 Å². The maximum Gasteiger partial charge on any atom is 0.137 e. The first-order valence-corrected chi connectivity index (χ1v) is 10.9. The van der Waals surface area contributed by atoms with Gasteiger partial charge in [-0.1, -0.05) is 36.8 Å². The van der Waals surface area contributed by atoms with Gasteiger partial charge in [-0.05, 0) is 31.9 Å². The fraction of sp³-hybridized carbons (Fsp3) is 0.565. The Balaban J connectivity index is 1.38. The number of benzene rings is 1.